The molecule has 33 heavy (non-hydrogen) atoms. The predicted octanol–water partition coefficient (Wildman–Crippen LogP) is 6.13. The van der Waals surface area contributed by atoms with Crippen LogP contribution in [-0.4, -0.2) is 25.3 Å². The van der Waals surface area contributed by atoms with Crippen molar-refractivity contribution in [1.29, 1.82) is 0 Å². The molecule has 0 spiro atoms. The summed E-state index contributed by atoms with van der Waals surface area (Å²) >= 11 is 0. The standard InChI is InChI=1S/C28H36O5/c1-16(2)15-32-20-9-8-17(10-21(20)31-7)24-25-18(29)11-27(3,4)13-22(25)33-23-14-28(5,6)12-19(30)26(23)24/h8-10,16,24H,11-15H2,1-7H3. The van der Waals surface area contributed by atoms with Gasteiger partial charge < -0.3 is 14.2 Å². The number of carbonyl (C=O) groups excluding carboxylic acids is 2. The fourth-order valence-electron chi connectivity index (χ4n) is 5.25. The summed E-state index contributed by atoms with van der Waals surface area (Å²) in [7, 11) is 1.61. The Kier molecular flexibility index (Phi) is 5.96. The molecule has 0 fully saturated rings. The van der Waals surface area contributed by atoms with Gasteiger partial charge in [-0.3, -0.25) is 9.59 Å². The molecule has 0 amide bonds. The lowest BCUT2D eigenvalue weighted by Crippen LogP contribution is -2.37. The molecule has 0 N–H and O–H groups in total. The van der Waals surface area contributed by atoms with Gasteiger partial charge in [0.1, 0.15) is 11.5 Å². The summed E-state index contributed by atoms with van der Waals surface area (Å²) in [6, 6.07) is 5.77. The second kappa shape index (κ2) is 8.34. The van der Waals surface area contributed by atoms with Crippen LogP contribution >= 0.6 is 0 Å². The van der Waals surface area contributed by atoms with E-state index in [1.54, 1.807) is 7.11 Å². The summed E-state index contributed by atoms with van der Waals surface area (Å²) in [5.41, 5.74) is 1.81. The number of hydrogen-bond acceptors (Lipinski definition) is 5. The van der Waals surface area contributed by atoms with E-state index in [0.29, 0.717) is 60.9 Å². The summed E-state index contributed by atoms with van der Waals surface area (Å²) < 4.78 is 17.9. The van der Waals surface area contributed by atoms with E-state index in [0.717, 1.165) is 17.1 Å². The number of carbonyl (C=O) groups is 2. The van der Waals surface area contributed by atoms with E-state index in [4.69, 9.17) is 14.2 Å². The average Bonchev–Trinajstić information content (AvgIpc) is 2.68. The Bertz CT molecular complexity index is 1000. The van der Waals surface area contributed by atoms with Gasteiger partial charge >= 0.3 is 0 Å². The van der Waals surface area contributed by atoms with Gasteiger partial charge in [0.15, 0.2) is 23.1 Å². The lowest BCUT2D eigenvalue weighted by molar-refractivity contribution is -0.120. The second-order valence-corrected chi connectivity index (χ2v) is 11.7. The maximum atomic E-state index is 13.4. The van der Waals surface area contributed by atoms with Crippen LogP contribution in [0.15, 0.2) is 40.9 Å². The van der Waals surface area contributed by atoms with E-state index >= 15 is 0 Å². The molecule has 0 saturated carbocycles. The van der Waals surface area contributed by atoms with Gasteiger partial charge in [-0.1, -0.05) is 47.6 Å². The second-order valence-electron chi connectivity index (χ2n) is 11.7. The highest BCUT2D eigenvalue weighted by atomic mass is 16.5. The lowest BCUT2D eigenvalue weighted by Gasteiger charge is -2.42. The molecule has 1 aromatic carbocycles. The van der Waals surface area contributed by atoms with Crippen LogP contribution in [0.4, 0.5) is 0 Å². The lowest BCUT2D eigenvalue weighted by atomic mass is 9.65. The zero-order chi connectivity index (χ0) is 24.1. The third-order valence-corrected chi connectivity index (χ3v) is 6.68. The molecule has 0 radical (unpaired) electrons. The first-order valence-corrected chi connectivity index (χ1v) is 11.9. The molecule has 0 bridgehead atoms. The summed E-state index contributed by atoms with van der Waals surface area (Å²) in [5, 5.41) is 0. The molecule has 0 saturated heterocycles. The van der Waals surface area contributed by atoms with E-state index in [1.165, 1.54) is 0 Å². The van der Waals surface area contributed by atoms with E-state index in [9.17, 15) is 9.59 Å². The van der Waals surface area contributed by atoms with Crippen molar-refractivity contribution in [2.24, 2.45) is 16.7 Å². The number of allylic oxidation sites excluding steroid dienone is 4. The van der Waals surface area contributed by atoms with Crippen LogP contribution in [0.25, 0.3) is 0 Å². The van der Waals surface area contributed by atoms with Crippen LogP contribution in [0.2, 0.25) is 0 Å². The number of hydrogen-bond donors (Lipinski definition) is 0. The van der Waals surface area contributed by atoms with Gasteiger partial charge in [-0.15, -0.1) is 0 Å². The molecule has 1 aromatic rings. The molecule has 5 nitrogen and oxygen atoms in total. The molecular formula is C28H36O5. The zero-order valence-electron chi connectivity index (χ0n) is 21.0. The van der Waals surface area contributed by atoms with Crippen molar-refractivity contribution in [2.75, 3.05) is 13.7 Å². The molecule has 0 aromatic heterocycles. The van der Waals surface area contributed by atoms with E-state index < -0.39 is 5.92 Å². The van der Waals surface area contributed by atoms with Gasteiger partial charge in [0.25, 0.3) is 0 Å². The van der Waals surface area contributed by atoms with Crippen LogP contribution in [0.5, 0.6) is 11.5 Å². The highest BCUT2D eigenvalue weighted by molar-refractivity contribution is 6.06. The Morgan fingerprint density at radius 3 is 1.94 bits per heavy atom. The van der Waals surface area contributed by atoms with Gasteiger partial charge in [-0.25, -0.2) is 0 Å². The van der Waals surface area contributed by atoms with E-state index in [2.05, 4.69) is 41.5 Å². The zero-order valence-corrected chi connectivity index (χ0v) is 21.0. The number of methoxy groups -OCH3 is 1. The van der Waals surface area contributed by atoms with Crippen LogP contribution in [0.1, 0.15) is 78.7 Å². The highest BCUT2D eigenvalue weighted by Crippen LogP contribution is 2.53. The largest absolute Gasteiger partial charge is 0.493 e. The van der Waals surface area contributed by atoms with Gasteiger partial charge in [0, 0.05) is 42.7 Å². The Labute approximate surface area is 197 Å². The smallest absolute Gasteiger partial charge is 0.163 e. The van der Waals surface area contributed by atoms with Crippen molar-refractivity contribution < 1.29 is 23.8 Å². The molecule has 2 aliphatic carbocycles. The summed E-state index contributed by atoms with van der Waals surface area (Å²) in [6.45, 7) is 13.1. The molecule has 5 heteroatoms. The van der Waals surface area contributed by atoms with Gasteiger partial charge in [-0.05, 0) is 34.4 Å². The fraction of sp³-hybridized carbons (Fsp3) is 0.571. The van der Waals surface area contributed by atoms with Crippen LogP contribution < -0.4 is 9.47 Å². The number of rotatable bonds is 5. The van der Waals surface area contributed by atoms with Gasteiger partial charge in [-0.2, -0.15) is 0 Å². The Hall–Kier alpha value is -2.56. The Balaban J connectivity index is 1.84. The molecule has 0 atom stereocenters. The van der Waals surface area contributed by atoms with Crippen molar-refractivity contribution >= 4 is 11.6 Å². The van der Waals surface area contributed by atoms with Crippen LogP contribution in [0, 0.1) is 16.7 Å². The predicted molar refractivity (Wildman–Crippen MR) is 127 cm³/mol. The SMILES string of the molecule is COc1cc(C2C3=C(CC(C)(C)CC3=O)OC3=C2C(=O)CC(C)(C)C3)ccc1OCC(C)C. The minimum atomic E-state index is -0.427. The number of Topliss-reactive ketones (excluding diaryl/α,β-unsaturated/α-hetero) is 2. The average molecular weight is 453 g/mol. The third kappa shape index (κ3) is 4.60. The number of benzene rings is 1. The Morgan fingerprint density at radius 2 is 1.45 bits per heavy atom. The third-order valence-electron chi connectivity index (χ3n) is 6.68. The summed E-state index contributed by atoms with van der Waals surface area (Å²) in [4.78, 5) is 26.8. The van der Waals surface area contributed by atoms with Crippen molar-refractivity contribution in [3.05, 3.63) is 46.4 Å². The quantitative estimate of drug-likeness (QED) is 0.538. The maximum Gasteiger partial charge on any atom is 0.163 e. The fourth-order valence-corrected chi connectivity index (χ4v) is 5.25. The number of ketones is 2. The minimum Gasteiger partial charge on any atom is -0.493 e. The molecule has 4 rings (SSSR count). The van der Waals surface area contributed by atoms with Crippen molar-refractivity contribution in [1.82, 2.24) is 0 Å². The van der Waals surface area contributed by atoms with Gasteiger partial charge in [0.2, 0.25) is 0 Å². The highest BCUT2D eigenvalue weighted by Gasteiger charge is 2.47. The van der Waals surface area contributed by atoms with E-state index in [-0.39, 0.29) is 22.4 Å². The van der Waals surface area contributed by atoms with Crippen molar-refractivity contribution in [2.45, 2.75) is 73.1 Å². The normalized spacial score (nSPS) is 22.2. The summed E-state index contributed by atoms with van der Waals surface area (Å²) in [6.07, 6.45) is 2.26. The van der Waals surface area contributed by atoms with Gasteiger partial charge in [0.05, 0.1) is 13.7 Å². The first-order chi connectivity index (χ1) is 15.4. The maximum absolute atomic E-state index is 13.4. The molecular weight excluding hydrogens is 416 g/mol. The molecule has 1 heterocycles. The molecule has 1 aliphatic heterocycles. The molecule has 3 aliphatic rings. The molecule has 178 valence electrons. The topological polar surface area (TPSA) is 61.8 Å². The Morgan fingerprint density at radius 1 is 0.909 bits per heavy atom. The van der Waals surface area contributed by atoms with Crippen LogP contribution in [0.3, 0.4) is 0 Å². The summed E-state index contributed by atoms with van der Waals surface area (Å²) in [5.74, 6) is 2.81. The van der Waals surface area contributed by atoms with Crippen molar-refractivity contribution in [3.63, 3.8) is 0 Å². The van der Waals surface area contributed by atoms with Crippen LogP contribution in [-0.2, 0) is 14.3 Å². The first kappa shape index (κ1) is 23.6. The number of ether oxygens (including phenoxy) is 3. The van der Waals surface area contributed by atoms with E-state index in [1.807, 2.05) is 18.2 Å². The van der Waals surface area contributed by atoms with Crippen molar-refractivity contribution in [3.8, 4) is 11.5 Å². The first-order valence-electron chi connectivity index (χ1n) is 11.9. The monoisotopic (exact) mass is 452 g/mol. The molecule has 0 unspecified atom stereocenters. The minimum absolute atomic E-state index is 0.0644.